The van der Waals surface area contributed by atoms with Crippen LogP contribution in [-0.4, -0.2) is 9.55 Å². The minimum atomic E-state index is 0.841. The second-order valence-corrected chi connectivity index (χ2v) is 13.1. The maximum atomic E-state index is 6.77. The van der Waals surface area contributed by atoms with Crippen molar-refractivity contribution >= 4 is 65.7 Å². The van der Waals surface area contributed by atoms with Gasteiger partial charge in [-0.3, -0.25) is 4.57 Å². The molecule has 0 aliphatic rings. The molecular formula is C47H28N2O2. The average Bonchev–Trinajstić information content (AvgIpc) is 3.87. The highest BCUT2D eigenvalue weighted by Gasteiger charge is 2.24. The summed E-state index contributed by atoms with van der Waals surface area (Å²) in [5, 5.41) is 6.56. The summed E-state index contributed by atoms with van der Waals surface area (Å²) in [6.07, 6.45) is 0. The first kappa shape index (κ1) is 28.0. The van der Waals surface area contributed by atoms with Crippen molar-refractivity contribution in [1.82, 2.24) is 9.55 Å². The normalized spacial score (nSPS) is 11.9. The Hall–Kier alpha value is -6.91. The zero-order chi connectivity index (χ0) is 33.5. The van der Waals surface area contributed by atoms with Crippen LogP contribution < -0.4 is 0 Å². The lowest BCUT2D eigenvalue weighted by molar-refractivity contribution is 0.669. The number of hydrogen-bond acceptors (Lipinski definition) is 3. The molecule has 0 amide bonds. The Balaban J connectivity index is 1.31. The molecule has 0 unspecified atom stereocenters. The van der Waals surface area contributed by atoms with Gasteiger partial charge in [0.1, 0.15) is 28.1 Å². The third-order valence-electron chi connectivity index (χ3n) is 10.2. The van der Waals surface area contributed by atoms with Crippen molar-refractivity contribution in [3.05, 3.63) is 170 Å². The van der Waals surface area contributed by atoms with Gasteiger partial charge in [-0.05, 0) is 65.2 Å². The standard InChI is InChI=1S/C47H28N2O2/c1-3-13-29(14-4-1)32-26-39(30-15-5-2-6-16-30)48-44(27-32)49-40-20-10-7-19-35(40)45-46(49)36(28-38-34-18-9-12-22-42(34)51-47(38)45)31-23-24-43-37(25-31)33-17-8-11-21-41(33)50-43/h1-28H. The molecule has 0 aliphatic carbocycles. The summed E-state index contributed by atoms with van der Waals surface area (Å²) in [7, 11) is 0. The summed E-state index contributed by atoms with van der Waals surface area (Å²) in [4.78, 5) is 5.43. The molecule has 0 atom stereocenters. The molecule has 0 bridgehead atoms. The van der Waals surface area contributed by atoms with E-state index in [9.17, 15) is 0 Å². The van der Waals surface area contributed by atoms with Crippen LogP contribution in [-0.2, 0) is 0 Å². The minimum Gasteiger partial charge on any atom is -0.456 e. The predicted molar refractivity (Wildman–Crippen MR) is 209 cm³/mol. The summed E-state index contributed by atoms with van der Waals surface area (Å²) in [5.41, 5.74) is 12.0. The zero-order valence-electron chi connectivity index (χ0n) is 27.4. The molecule has 11 rings (SSSR count). The Morgan fingerprint density at radius 3 is 1.82 bits per heavy atom. The second kappa shape index (κ2) is 10.8. The van der Waals surface area contributed by atoms with E-state index in [2.05, 4.69) is 150 Å². The predicted octanol–water partition coefficient (Wildman–Crippen LogP) is 13.0. The van der Waals surface area contributed by atoms with Crippen LogP contribution in [0.2, 0.25) is 0 Å². The van der Waals surface area contributed by atoms with Crippen LogP contribution in [0.1, 0.15) is 0 Å². The number of hydrogen-bond donors (Lipinski definition) is 0. The van der Waals surface area contributed by atoms with E-state index in [1.165, 1.54) is 0 Å². The van der Waals surface area contributed by atoms with E-state index in [0.717, 1.165) is 105 Å². The van der Waals surface area contributed by atoms with E-state index in [1.807, 2.05) is 24.3 Å². The van der Waals surface area contributed by atoms with Crippen molar-refractivity contribution in [3.63, 3.8) is 0 Å². The minimum absolute atomic E-state index is 0.841. The van der Waals surface area contributed by atoms with Crippen molar-refractivity contribution in [2.45, 2.75) is 0 Å². The average molecular weight is 653 g/mol. The number of aromatic nitrogens is 2. The maximum absolute atomic E-state index is 6.77. The van der Waals surface area contributed by atoms with Gasteiger partial charge in [-0.1, -0.05) is 121 Å². The van der Waals surface area contributed by atoms with Gasteiger partial charge in [-0.2, -0.15) is 0 Å². The monoisotopic (exact) mass is 652 g/mol. The summed E-state index contributed by atoms with van der Waals surface area (Å²) in [6, 6.07) is 59.5. The van der Waals surface area contributed by atoms with Crippen molar-refractivity contribution < 1.29 is 8.83 Å². The summed E-state index contributed by atoms with van der Waals surface area (Å²) in [5.74, 6) is 0.841. The summed E-state index contributed by atoms with van der Waals surface area (Å²) < 4.78 is 15.4. The highest BCUT2D eigenvalue weighted by atomic mass is 16.3. The Morgan fingerprint density at radius 1 is 0.412 bits per heavy atom. The number of nitrogens with zero attached hydrogens (tertiary/aromatic N) is 2. The van der Waals surface area contributed by atoms with Gasteiger partial charge >= 0.3 is 0 Å². The van der Waals surface area contributed by atoms with Crippen LogP contribution in [0.15, 0.2) is 179 Å². The lowest BCUT2D eigenvalue weighted by Crippen LogP contribution is -2.01. The molecule has 0 fully saturated rings. The smallest absolute Gasteiger partial charge is 0.145 e. The number of fused-ring (bicyclic) bond motifs is 10. The molecule has 4 heterocycles. The molecule has 4 heteroatoms. The Morgan fingerprint density at radius 2 is 1.04 bits per heavy atom. The van der Waals surface area contributed by atoms with Crippen LogP contribution >= 0.6 is 0 Å². The van der Waals surface area contributed by atoms with E-state index < -0.39 is 0 Å². The van der Waals surface area contributed by atoms with Gasteiger partial charge in [0.05, 0.1) is 22.1 Å². The van der Waals surface area contributed by atoms with E-state index in [-0.39, 0.29) is 0 Å². The molecule has 238 valence electrons. The van der Waals surface area contributed by atoms with Gasteiger partial charge in [-0.15, -0.1) is 0 Å². The first-order valence-electron chi connectivity index (χ1n) is 17.2. The van der Waals surface area contributed by atoms with Crippen LogP contribution in [0.25, 0.3) is 105 Å². The Bertz CT molecular complexity index is 3070. The molecule has 4 aromatic heterocycles. The fourth-order valence-electron chi connectivity index (χ4n) is 7.87. The molecule has 7 aromatic carbocycles. The fraction of sp³-hybridized carbons (Fsp3) is 0. The molecule has 4 nitrogen and oxygen atoms in total. The maximum Gasteiger partial charge on any atom is 0.145 e. The fourth-order valence-corrected chi connectivity index (χ4v) is 7.87. The SMILES string of the molecule is c1ccc(-c2cc(-c3ccccc3)nc(-n3c4ccccc4c4c5oc6ccccc6c5cc(-c5ccc6oc7ccccc7c6c5)c43)c2)cc1. The molecule has 0 saturated heterocycles. The van der Waals surface area contributed by atoms with Crippen LogP contribution in [0.5, 0.6) is 0 Å². The van der Waals surface area contributed by atoms with E-state index in [1.54, 1.807) is 0 Å². The first-order chi connectivity index (χ1) is 25.3. The summed E-state index contributed by atoms with van der Waals surface area (Å²) >= 11 is 0. The van der Waals surface area contributed by atoms with Gasteiger partial charge < -0.3 is 8.83 Å². The van der Waals surface area contributed by atoms with Gasteiger partial charge in [0.2, 0.25) is 0 Å². The Kier molecular flexibility index (Phi) is 5.92. The number of para-hydroxylation sites is 3. The number of pyridine rings is 1. The molecule has 51 heavy (non-hydrogen) atoms. The van der Waals surface area contributed by atoms with Gasteiger partial charge in [0.15, 0.2) is 0 Å². The first-order valence-corrected chi connectivity index (χ1v) is 17.2. The van der Waals surface area contributed by atoms with Crippen LogP contribution in [0.3, 0.4) is 0 Å². The highest BCUT2D eigenvalue weighted by molar-refractivity contribution is 6.27. The lowest BCUT2D eigenvalue weighted by Gasteiger charge is -2.15. The molecular weight excluding hydrogens is 625 g/mol. The van der Waals surface area contributed by atoms with E-state index in [4.69, 9.17) is 13.8 Å². The third-order valence-corrected chi connectivity index (χ3v) is 10.2. The van der Waals surface area contributed by atoms with Crippen molar-refractivity contribution in [1.29, 1.82) is 0 Å². The molecule has 11 aromatic rings. The van der Waals surface area contributed by atoms with E-state index >= 15 is 0 Å². The molecule has 0 radical (unpaired) electrons. The molecule has 0 aliphatic heterocycles. The number of rotatable bonds is 4. The van der Waals surface area contributed by atoms with E-state index in [0.29, 0.717) is 0 Å². The van der Waals surface area contributed by atoms with Gasteiger partial charge in [0, 0.05) is 38.1 Å². The second-order valence-electron chi connectivity index (χ2n) is 13.1. The van der Waals surface area contributed by atoms with Crippen LogP contribution in [0.4, 0.5) is 0 Å². The van der Waals surface area contributed by atoms with Crippen molar-refractivity contribution in [2.24, 2.45) is 0 Å². The lowest BCUT2D eigenvalue weighted by atomic mass is 9.97. The van der Waals surface area contributed by atoms with Crippen LogP contribution in [0, 0.1) is 0 Å². The number of furan rings is 2. The zero-order valence-corrected chi connectivity index (χ0v) is 27.4. The Labute approximate surface area is 292 Å². The highest BCUT2D eigenvalue weighted by Crippen LogP contribution is 2.46. The largest absolute Gasteiger partial charge is 0.456 e. The van der Waals surface area contributed by atoms with Gasteiger partial charge in [0.25, 0.3) is 0 Å². The quantitative estimate of drug-likeness (QED) is 0.190. The molecule has 0 N–H and O–H groups in total. The van der Waals surface area contributed by atoms with Crippen molar-refractivity contribution in [2.75, 3.05) is 0 Å². The number of benzene rings is 7. The molecule has 0 spiro atoms. The third kappa shape index (κ3) is 4.23. The van der Waals surface area contributed by atoms with Crippen molar-refractivity contribution in [3.8, 4) is 39.3 Å². The van der Waals surface area contributed by atoms with Gasteiger partial charge in [-0.25, -0.2) is 4.98 Å². The summed E-state index contributed by atoms with van der Waals surface area (Å²) in [6.45, 7) is 0. The molecule has 0 saturated carbocycles. The topological polar surface area (TPSA) is 44.1 Å².